The van der Waals surface area contributed by atoms with Crippen LogP contribution >= 0.6 is 22.9 Å². The minimum atomic E-state index is -0.111. The first-order chi connectivity index (χ1) is 8.69. The van der Waals surface area contributed by atoms with E-state index in [0.717, 1.165) is 21.2 Å². The lowest BCUT2D eigenvalue weighted by Gasteiger charge is -2.16. The largest absolute Gasteiger partial charge is 0.480 e. The fourth-order valence-electron chi connectivity index (χ4n) is 1.73. The molecule has 1 atom stereocenters. The molecule has 0 saturated heterocycles. The molecule has 2 rings (SSSR count). The van der Waals surface area contributed by atoms with Crippen LogP contribution in [0, 0.1) is 6.92 Å². The average Bonchev–Trinajstić information content (AvgIpc) is 2.73. The van der Waals surface area contributed by atoms with Crippen LogP contribution in [0.3, 0.4) is 0 Å². The highest BCUT2D eigenvalue weighted by Gasteiger charge is 2.23. The van der Waals surface area contributed by atoms with E-state index >= 15 is 0 Å². The van der Waals surface area contributed by atoms with Crippen LogP contribution < -0.4 is 10.1 Å². The van der Waals surface area contributed by atoms with Gasteiger partial charge >= 0.3 is 0 Å². The lowest BCUT2D eigenvalue weighted by Crippen LogP contribution is -2.19. The Morgan fingerprint density at radius 3 is 2.67 bits per heavy atom. The Labute approximate surface area is 115 Å². The number of ether oxygens (including phenoxy) is 1. The smallest absolute Gasteiger partial charge is 0.237 e. The zero-order chi connectivity index (χ0) is 13.1. The fourth-order valence-corrected chi connectivity index (χ4v) is 3.14. The maximum atomic E-state index is 6.31. The summed E-state index contributed by atoms with van der Waals surface area (Å²) >= 11 is 7.91. The van der Waals surface area contributed by atoms with Gasteiger partial charge in [-0.05, 0) is 24.9 Å². The van der Waals surface area contributed by atoms with Gasteiger partial charge in [0.15, 0.2) is 0 Å². The maximum Gasteiger partial charge on any atom is 0.237 e. The number of aryl methyl sites for hydroxylation is 1. The topological polar surface area (TPSA) is 47.0 Å². The van der Waals surface area contributed by atoms with E-state index in [1.165, 1.54) is 0 Å². The number of halogens is 1. The molecule has 96 valence electrons. The van der Waals surface area contributed by atoms with E-state index < -0.39 is 0 Å². The molecule has 2 heterocycles. The van der Waals surface area contributed by atoms with Crippen molar-refractivity contribution in [3.8, 4) is 5.88 Å². The van der Waals surface area contributed by atoms with Crippen LogP contribution in [0.1, 0.15) is 22.2 Å². The number of methoxy groups -OCH3 is 1. The van der Waals surface area contributed by atoms with E-state index in [1.54, 1.807) is 30.8 Å². The van der Waals surface area contributed by atoms with Gasteiger partial charge in [0.1, 0.15) is 5.69 Å². The number of rotatable bonds is 4. The number of hydrogen-bond donors (Lipinski definition) is 1. The standard InChI is InChI=1S/C12H14ClN3OS/c1-7-6-18-11(8(7)13)9(14-2)10-12(17-3)16-5-4-15-10/h4-6,9,14H,1-3H3. The van der Waals surface area contributed by atoms with E-state index in [1.807, 2.05) is 19.4 Å². The molecule has 0 aliphatic carbocycles. The highest BCUT2D eigenvalue weighted by Crippen LogP contribution is 2.36. The number of nitrogens with zero attached hydrogens (tertiary/aromatic N) is 2. The van der Waals surface area contributed by atoms with Crippen LogP contribution in [0.25, 0.3) is 0 Å². The van der Waals surface area contributed by atoms with Crippen LogP contribution in [-0.2, 0) is 0 Å². The van der Waals surface area contributed by atoms with Crippen LogP contribution in [0.2, 0.25) is 5.02 Å². The second-order valence-corrected chi connectivity index (χ2v) is 5.06. The lowest BCUT2D eigenvalue weighted by molar-refractivity contribution is 0.384. The van der Waals surface area contributed by atoms with Gasteiger partial charge in [-0.3, -0.25) is 4.98 Å². The molecule has 0 aromatic carbocycles. The van der Waals surface area contributed by atoms with Crippen LogP contribution in [-0.4, -0.2) is 24.1 Å². The number of aromatic nitrogens is 2. The van der Waals surface area contributed by atoms with E-state index in [9.17, 15) is 0 Å². The molecule has 2 aromatic heterocycles. The normalized spacial score (nSPS) is 12.4. The highest BCUT2D eigenvalue weighted by atomic mass is 35.5. The van der Waals surface area contributed by atoms with Crippen LogP contribution in [0.4, 0.5) is 0 Å². The molecule has 1 unspecified atom stereocenters. The summed E-state index contributed by atoms with van der Waals surface area (Å²) in [5, 5.41) is 6.01. The predicted octanol–water partition coefficient (Wildman–Crippen LogP) is 2.82. The van der Waals surface area contributed by atoms with Gasteiger partial charge in [-0.25, -0.2) is 4.98 Å². The van der Waals surface area contributed by atoms with Gasteiger partial charge in [-0.2, -0.15) is 0 Å². The number of nitrogens with one attached hydrogen (secondary N) is 1. The van der Waals surface area contributed by atoms with E-state index in [0.29, 0.717) is 5.88 Å². The van der Waals surface area contributed by atoms with Gasteiger partial charge in [-0.15, -0.1) is 11.3 Å². The first-order valence-corrected chi connectivity index (χ1v) is 6.70. The molecule has 0 aliphatic heterocycles. The van der Waals surface area contributed by atoms with Gasteiger partial charge in [0.05, 0.1) is 18.2 Å². The maximum absolute atomic E-state index is 6.31. The van der Waals surface area contributed by atoms with Crippen molar-refractivity contribution in [2.24, 2.45) is 0 Å². The average molecular weight is 284 g/mol. The molecule has 2 aromatic rings. The molecule has 0 fully saturated rings. The first-order valence-electron chi connectivity index (χ1n) is 5.44. The molecular weight excluding hydrogens is 270 g/mol. The fraction of sp³-hybridized carbons (Fsp3) is 0.333. The van der Waals surface area contributed by atoms with E-state index in [2.05, 4.69) is 15.3 Å². The SMILES string of the molecule is CNC(c1nccnc1OC)c1scc(C)c1Cl. The molecule has 6 heteroatoms. The molecule has 0 aliphatic rings. The van der Waals surface area contributed by atoms with Crippen molar-refractivity contribution in [2.75, 3.05) is 14.2 Å². The molecule has 0 spiro atoms. The van der Waals surface area contributed by atoms with Crippen molar-refractivity contribution in [1.29, 1.82) is 0 Å². The molecule has 0 amide bonds. The summed E-state index contributed by atoms with van der Waals surface area (Å²) in [5.74, 6) is 0.513. The Bertz CT molecular complexity index is 544. The molecule has 0 radical (unpaired) electrons. The van der Waals surface area contributed by atoms with E-state index in [-0.39, 0.29) is 6.04 Å². The summed E-state index contributed by atoms with van der Waals surface area (Å²) < 4.78 is 5.24. The number of thiophene rings is 1. The molecule has 0 bridgehead atoms. The van der Waals surface area contributed by atoms with Crippen LogP contribution in [0.5, 0.6) is 5.88 Å². The molecule has 1 N–H and O–H groups in total. The summed E-state index contributed by atoms with van der Waals surface area (Å²) in [6.07, 6.45) is 3.26. The molecule has 0 saturated carbocycles. The van der Waals surface area contributed by atoms with Gasteiger partial charge in [0, 0.05) is 17.3 Å². The van der Waals surface area contributed by atoms with Crippen molar-refractivity contribution in [2.45, 2.75) is 13.0 Å². The Balaban J connectivity index is 2.48. The van der Waals surface area contributed by atoms with Crippen molar-refractivity contribution in [1.82, 2.24) is 15.3 Å². The zero-order valence-corrected chi connectivity index (χ0v) is 12.0. The van der Waals surface area contributed by atoms with Crippen molar-refractivity contribution in [3.63, 3.8) is 0 Å². The lowest BCUT2D eigenvalue weighted by atomic mass is 10.1. The van der Waals surface area contributed by atoms with E-state index in [4.69, 9.17) is 16.3 Å². The summed E-state index contributed by atoms with van der Waals surface area (Å²) in [7, 11) is 3.45. The van der Waals surface area contributed by atoms with Crippen molar-refractivity contribution >= 4 is 22.9 Å². The van der Waals surface area contributed by atoms with Gasteiger partial charge in [0.25, 0.3) is 0 Å². The summed E-state index contributed by atoms with van der Waals surface area (Å²) in [6, 6.07) is -0.111. The molecule has 18 heavy (non-hydrogen) atoms. The zero-order valence-electron chi connectivity index (χ0n) is 10.4. The summed E-state index contributed by atoms with van der Waals surface area (Å²) in [4.78, 5) is 9.53. The Morgan fingerprint density at radius 2 is 2.11 bits per heavy atom. The first kappa shape index (κ1) is 13.3. The van der Waals surface area contributed by atoms with Crippen molar-refractivity contribution < 1.29 is 4.74 Å². The Hall–Kier alpha value is -1.17. The van der Waals surface area contributed by atoms with Gasteiger partial charge in [0.2, 0.25) is 5.88 Å². The Kier molecular flexibility index (Phi) is 4.16. The second kappa shape index (κ2) is 5.65. The Morgan fingerprint density at radius 1 is 1.39 bits per heavy atom. The van der Waals surface area contributed by atoms with Crippen LogP contribution in [0.15, 0.2) is 17.8 Å². The summed E-state index contributed by atoms with van der Waals surface area (Å²) in [5.41, 5.74) is 1.81. The second-order valence-electron chi connectivity index (χ2n) is 3.77. The quantitative estimate of drug-likeness (QED) is 0.937. The van der Waals surface area contributed by atoms with Gasteiger partial charge in [-0.1, -0.05) is 11.6 Å². The van der Waals surface area contributed by atoms with Crippen molar-refractivity contribution in [3.05, 3.63) is 38.9 Å². The summed E-state index contributed by atoms with van der Waals surface area (Å²) in [6.45, 7) is 1.99. The third kappa shape index (κ3) is 2.34. The highest BCUT2D eigenvalue weighted by molar-refractivity contribution is 7.10. The third-order valence-electron chi connectivity index (χ3n) is 2.63. The third-order valence-corrected chi connectivity index (χ3v) is 4.41. The monoisotopic (exact) mass is 283 g/mol. The number of hydrogen-bond acceptors (Lipinski definition) is 5. The predicted molar refractivity (Wildman–Crippen MR) is 73.6 cm³/mol. The minimum absolute atomic E-state index is 0.111. The van der Waals surface area contributed by atoms with Gasteiger partial charge < -0.3 is 10.1 Å². The molecular formula is C12H14ClN3OS. The minimum Gasteiger partial charge on any atom is -0.480 e. The molecule has 4 nitrogen and oxygen atoms in total.